The first kappa shape index (κ1) is 10.2. The van der Waals surface area contributed by atoms with Crippen LogP contribution in [0.5, 0.6) is 0 Å². The normalized spacial score (nSPS) is 10.9. The lowest BCUT2D eigenvalue weighted by atomic mass is 10.1. The number of hydrogen-bond acceptors (Lipinski definition) is 4. The molecule has 0 radical (unpaired) electrons. The van der Waals surface area contributed by atoms with Crippen molar-refractivity contribution in [2.24, 2.45) is 0 Å². The van der Waals surface area contributed by atoms with Gasteiger partial charge in [-0.25, -0.2) is 9.97 Å². The average molecular weight is 241 g/mol. The second kappa shape index (κ2) is 3.82. The molecule has 0 aliphatic carbocycles. The van der Waals surface area contributed by atoms with Crippen molar-refractivity contribution < 1.29 is 0 Å². The highest BCUT2D eigenvalue weighted by Crippen LogP contribution is 2.26. The number of hydrogen-bond donors (Lipinski definition) is 1. The highest BCUT2D eigenvalue weighted by molar-refractivity contribution is 7.13. The van der Waals surface area contributed by atoms with E-state index >= 15 is 0 Å². The van der Waals surface area contributed by atoms with Crippen molar-refractivity contribution in [3.8, 4) is 10.7 Å². The van der Waals surface area contributed by atoms with Crippen LogP contribution in [0.2, 0.25) is 0 Å². The van der Waals surface area contributed by atoms with Crippen molar-refractivity contribution in [2.75, 3.05) is 5.73 Å². The Kier molecular flexibility index (Phi) is 2.30. The van der Waals surface area contributed by atoms with Crippen LogP contribution in [0.15, 0.2) is 35.7 Å². The Morgan fingerprint density at radius 3 is 2.82 bits per heavy atom. The van der Waals surface area contributed by atoms with Gasteiger partial charge in [0.25, 0.3) is 0 Å². The van der Waals surface area contributed by atoms with Gasteiger partial charge in [-0.1, -0.05) is 17.7 Å². The van der Waals surface area contributed by atoms with Gasteiger partial charge in [-0.05, 0) is 30.5 Å². The van der Waals surface area contributed by atoms with E-state index in [2.05, 4.69) is 9.97 Å². The van der Waals surface area contributed by atoms with E-state index in [1.54, 1.807) is 11.3 Å². The summed E-state index contributed by atoms with van der Waals surface area (Å²) in [6.45, 7) is 2.03. The molecule has 0 amide bonds. The quantitative estimate of drug-likeness (QED) is 0.711. The zero-order valence-electron chi connectivity index (χ0n) is 9.34. The monoisotopic (exact) mass is 241 g/mol. The molecule has 1 aromatic carbocycles. The third-order valence-electron chi connectivity index (χ3n) is 2.62. The van der Waals surface area contributed by atoms with Crippen molar-refractivity contribution >= 4 is 28.1 Å². The number of aryl methyl sites for hydroxylation is 1. The molecular weight excluding hydrogens is 230 g/mol. The Balaban J connectivity index is 2.28. The summed E-state index contributed by atoms with van der Waals surface area (Å²) in [5.41, 5.74) is 8.04. The lowest BCUT2D eigenvalue weighted by Crippen LogP contribution is -1.97. The van der Waals surface area contributed by atoms with E-state index in [0.717, 1.165) is 21.3 Å². The van der Waals surface area contributed by atoms with Gasteiger partial charge in [-0.2, -0.15) is 0 Å². The summed E-state index contributed by atoms with van der Waals surface area (Å²) in [4.78, 5) is 9.94. The summed E-state index contributed by atoms with van der Waals surface area (Å²) < 4.78 is 0. The van der Waals surface area contributed by atoms with Crippen LogP contribution in [0.1, 0.15) is 5.56 Å². The Hall–Kier alpha value is -1.94. The zero-order chi connectivity index (χ0) is 11.8. The van der Waals surface area contributed by atoms with Gasteiger partial charge in [-0.3, -0.25) is 0 Å². The van der Waals surface area contributed by atoms with Crippen LogP contribution in [0.4, 0.5) is 5.82 Å². The van der Waals surface area contributed by atoms with Crippen LogP contribution in [-0.2, 0) is 0 Å². The van der Waals surface area contributed by atoms with E-state index in [-0.39, 0.29) is 0 Å². The van der Waals surface area contributed by atoms with E-state index in [9.17, 15) is 0 Å². The molecule has 0 bridgehead atoms. The Bertz CT molecular complexity index is 674. The van der Waals surface area contributed by atoms with Gasteiger partial charge >= 0.3 is 0 Å². The maximum Gasteiger partial charge on any atom is 0.172 e. The predicted molar refractivity (Wildman–Crippen MR) is 72.0 cm³/mol. The fourth-order valence-electron chi connectivity index (χ4n) is 1.78. The Morgan fingerprint density at radius 2 is 2.06 bits per heavy atom. The summed E-state index contributed by atoms with van der Waals surface area (Å²) in [6, 6.07) is 10.0. The van der Waals surface area contributed by atoms with Crippen LogP contribution in [-0.4, -0.2) is 9.97 Å². The van der Waals surface area contributed by atoms with Gasteiger partial charge in [0.2, 0.25) is 0 Å². The molecule has 3 nitrogen and oxygen atoms in total. The second-order valence-corrected chi connectivity index (χ2v) is 4.88. The molecule has 0 unspecified atom stereocenters. The number of aromatic nitrogens is 2. The van der Waals surface area contributed by atoms with Crippen LogP contribution < -0.4 is 5.73 Å². The van der Waals surface area contributed by atoms with Crippen molar-refractivity contribution in [3.05, 3.63) is 41.3 Å². The molecular formula is C13H11N3S. The highest BCUT2D eigenvalue weighted by atomic mass is 32.1. The first-order chi connectivity index (χ1) is 8.24. The van der Waals surface area contributed by atoms with Crippen LogP contribution in [0.3, 0.4) is 0 Å². The van der Waals surface area contributed by atoms with E-state index in [1.807, 2.05) is 42.6 Å². The second-order valence-electron chi connectivity index (χ2n) is 3.93. The summed E-state index contributed by atoms with van der Waals surface area (Å²) in [6.07, 6.45) is 0. The number of anilines is 1. The van der Waals surface area contributed by atoms with E-state index in [4.69, 9.17) is 5.73 Å². The van der Waals surface area contributed by atoms with Crippen molar-refractivity contribution in [2.45, 2.75) is 6.92 Å². The summed E-state index contributed by atoms with van der Waals surface area (Å²) >= 11 is 1.62. The molecule has 0 atom stereocenters. The first-order valence-corrected chi connectivity index (χ1v) is 6.20. The highest BCUT2D eigenvalue weighted by Gasteiger charge is 2.07. The number of thiophene rings is 1. The van der Waals surface area contributed by atoms with Gasteiger partial charge in [0.05, 0.1) is 10.4 Å². The molecule has 0 aliphatic heterocycles. The molecule has 0 aliphatic rings. The number of nitrogens with two attached hydrogens (primary N) is 1. The minimum atomic E-state index is 0.544. The molecule has 0 saturated heterocycles. The van der Waals surface area contributed by atoms with E-state index < -0.39 is 0 Å². The molecule has 4 heteroatoms. The summed E-state index contributed by atoms with van der Waals surface area (Å²) in [5, 5.41) is 2.93. The van der Waals surface area contributed by atoms with E-state index in [1.165, 1.54) is 0 Å². The standard InChI is InChI=1S/C13H11N3S/c1-8-4-5-10-9(7-8)12(14)16-13(15-10)11-3-2-6-17-11/h2-7H,1H3,(H2,14,15,16). The van der Waals surface area contributed by atoms with Gasteiger partial charge in [0.1, 0.15) is 5.82 Å². The molecule has 0 fully saturated rings. The molecule has 0 saturated carbocycles. The third-order valence-corrected chi connectivity index (χ3v) is 3.49. The maximum atomic E-state index is 5.99. The number of nitrogen functional groups attached to an aromatic ring is 1. The van der Waals surface area contributed by atoms with E-state index in [0.29, 0.717) is 11.6 Å². The van der Waals surface area contributed by atoms with Gasteiger partial charge in [0.15, 0.2) is 5.82 Å². The number of rotatable bonds is 1. The molecule has 2 aromatic heterocycles. The van der Waals surface area contributed by atoms with Crippen molar-refractivity contribution in [1.82, 2.24) is 9.97 Å². The van der Waals surface area contributed by atoms with Crippen LogP contribution in [0.25, 0.3) is 21.6 Å². The first-order valence-electron chi connectivity index (χ1n) is 5.32. The molecule has 3 aromatic rings. The fourth-order valence-corrected chi connectivity index (χ4v) is 2.44. The molecule has 2 heterocycles. The van der Waals surface area contributed by atoms with Gasteiger partial charge in [0, 0.05) is 5.39 Å². The topological polar surface area (TPSA) is 51.8 Å². The predicted octanol–water partition coefficient (Wildman–Crippen LogP) is 3.25. The molecule has 2 N–H and O–H groups in total. The number of nitrogens with zero attached hydrogens (tertiary/aromatic N) is 2. The van der Waals surface area contributed by atoms with Crippen molar-refractivity contribution in [1.29, 1.82) is 0 Å². The lowest BCUT2D eigenvalue weighted by molar-refractivity contribution is 1.24. The Labute approximate surface area is 103 Å². The van der Waals surface area contributed by atoms with Gasteiger partial charge in [-0.15, -0.1) is 11.3 Å². The zero-order valence-corrected chi connectivity index (χ0v) is 10.2. The van der Waals surface area contributed by atoms with Crippen LogP contribution >= 0.6 is 11.3 Å². The largest absolute Gasteiger partial charge is 0.383 e. The molecule has 84 valence electrons. The average Bonchev–Trinajstić information content (AvgIpc) is 2.83. The maximum absolute atomic E-state index is 5.99. The minimum Gasteiger partial charge on any atom is -0.383 e. The summed E-state index contributed by atoms with van der Waals surface area (Å²) in [5.74, 6) is 1.25. The molecule has 17 heavy (non-hydrogen) atoms. The summed E-state index contributed by atoms with van der Waals surface area (Å²) in [7, 11) is 0. The smallest absolute Gasteiger partial charge is 0.172 e. The third kappa shape index (κ3) is 1.76. The number of benzene rings is 1. The van der Waals surface area contributed by atoms with Crippen LogP contribution in [0, 0.1) is 6.92 Å². The molecule has 0 spiro atoms. The lowest BCUT2D eigenvalue weighted by Gasteiger charge is -2.04. The minimum absolute atomic E-state index is 0.544. The Morgan fingerprint density at radius 1 is 1.18 bits per heavy atom. The number of fused-ring (bicyclic) bond motifs is 1. The molecule has 3 rings (SSSR count). The fraction of sp³-hybridized carbons (Fsp3) is 0.0769. The van der Waals surface area contributed by atoms with Gasteiger partial charge < -0.3 is 5.73 Å². The SMILES string of the molecule is Cc1ccc2nc(-c3cccs3)nc(N)c2c1. The van der Waals surface area contributed by atoms with Crippen molar-refractivity contribution in [3.63, 3.8) is 0 Å².